The van der Waals surface area contributed by atoms with Crippen LogP contribution in [0.5, 0.6) is 5.75 Å². The van der Waals surface area contributed by atoms with Crippen molar-refractivity contribution in [2.75, 3.05) is 4.90 Å². The summed E-state index contributed by atoms with van der Waals surface area (Å²) in [5.41, 5.74) is 7.85. The van der Waals surface area contributed by atoms with Crippen LogP contribution >= 0.6 is 23.8 Å². The molecule has 0 radical (unpaired) electrons. The zero-order valence-corrected chi connectivity index (χ0v) is 24.1. The Bertz CT molecular complexity index is 1490. The monoisotopic (exact) mass is 556 g/mol. The van der Waals surface area contributed by atoms with Crippen molar-refractivity contribution < 1.29 is 4.74 Å². The SMILES string of the molecule is Cc1c([C@H]2[C@H](c3ccccn3)NC(=S)N2c2ccc(OC3CCCC3)cc2)c(C)n(-c2cccc(Cl)c2)c1C. The Kier molecular flexibility index (Phi) is 7.08. The molecule has 1 saturated heterocycles. The molecule has 0 bridgehead atoms. The number of hydrogen-bond donors (Lipinski definition) is 1. The molecule has 4 aromatic rings. The Morgan fingerprint density at radius 2 is 1.69 bits per heavy atom. The van der Waals surface area contributed by atoms with Gasteiger partial charge in [0.2, 0.25) is 0 Å². The van der Waals surface area contributed by atoms with Crippen molar-refractivity contribution in [3.05, 3.63) is 106 Å². The van der Waals surface area contributed by atoms with Crippen molar-refractivity contribution in [2.24, 2.45) is 0 Å². The van der Waals surface area contributed by atoms with Gasteiger partial charge in [-0.1, -0.05) is 23.7 Å². The largest absolute Gasteiger partial charge is 0.490 e. The number of nitrogens with one attached hydrogen (secondary N) is 1. The van der Waals surface area contributed by atoms with Gasteiger partial charge in [-0.3, -0.25) is 4.98 Å². The smallest absolute Gasteiger partial charge is 0.174 e. The zero-order chi connectivity index (χ0) is 27.1. The number of hydrogen-bond acceptors (Lipinski definition) is 3. The number of ether oxygens (including phenoxy) is 1. The second-order valence-electron chi connectivity index (χ2n) is 10.5. The molecule has 2 atom stereocenters. The van der Waals surface area contributed by atoms with Gasteiger partial charge in [0.25, 0.3) is 0 Å². The van der Waals surface area contributed by atoms with Crippen LogP contribution in [0.25, 0.3) is 5.69 Å². The molecule has 6 rings (SSSR count). The molecule has 2 aliphatic rings. The quantitative estimate of drug-likeness (QED) is 0.244. The highest BCUT2D eigenvalue weighted by atomic mass is 35.5. The number of nitrogens with zero attached hydrogens (tertiary/aromatic N) is 3. The number of rotatable bonds is 6. The van der Waals surface area contributed by atoms with E-state index >= 15 is 0 Å². The summed E-state index contributed by atoms with van der Waals surface area (Å²) >= 11 is 12.4. The number of aromatic nitrogens is 2. The van der Waals surface area contributed by atoms with Crippen LogP contribution in [-0.4, -0.2) is 20.8 Å². The molecule has 1 aliphatic carbocycles. The van der Waals surface area contributed by atoms with E-state index in [1.54, 1.807) is 0 Å². The number of benzene rings is 2. The van der Waals surface area contributed by atoms with Gasteiger partial charge in [-0.05, 0) is 119 Å². The predicted octanol–water partition coefficient (Wildman–Crippen LogP) is 7.95. The highest BCUT2D eigenvalue weighted by Crippen LogP contribution is 2.45. The predicted molar refractivity (Wildman–Crippen MR) is 162 cm³/mol. The van der Waals surface area contributed by atoms with E-state index in [1.165, 1.54) is 29.7 Å². The Morgan fingerprint density at radius 1 is 0.923 bits per heavy atom. The standard InChI is InChI=1S/C32H33ClN4OS/c1-20-21(2)36(25-10-8-9-23(33)19-25)22(3)29(20)31-30(28-13-6-7-18-34-28)35-32(39)37(31)24-14-16-27(17-15-24)38-26-11-4-5-12-26/h6-10,13-19,26,30-31H,4-5,11-12H2,1-3H3,(H,35,39)/t30-,31-/m0/s1. The van der Waals surface area contributed by atoms with E-state index in [0.717, 1.165) is 46.4 Å². The molecule has 2 aromatic heterocycles. The highest BCUT2D eigenvalue weighted by molar-refractivity contribution is 7.80. The molecule has 39 heavy (non-hydrogen) atoms. The van der Waals surface area contributed by atoms with Crippen LogP contribution in [0.1, 0.15) is 66.0 Å². The lowest BCUT2D eigenvalue weighted by Gasteiger charge is -2.29. The summed E-state index contributed by atoms with van der Waals surface area (Å²) in [6, 6.07) is 22.3. The number of anilines is 1. The molecule has 2 aromatic carbocycles. The maximum atomic E-state index is 6.40. The number of pyridine rings is 1. The van der Waals surface area contributed by atoms with Gasteiger partial charge < -0.3 is 19.5 Å². The fourth-order valence-electron chi connectivity index (χ4n) is 6.25. The van der Waals surface area contributed by atoms with E-state index in [9.17, 15) is 0 Å². The lowest BCUT2D eigenvalue weighted by atomic mass is 9.93. The first kappa shape index (κ1) is 25.9. The Hall–Kier alpha value is -3.35. The van der Waals surface area contributed by atoms with Gasteiger partial charge in [-0.15, -0.1) is 0 Å². The maximum absolute atomic E-state index is 6.40. The second kappa shape index (κ2) is 10.7. The topological polar surface area (TPSA) is 42.3 Å². The molecule has 5 nitrogen and oxygen atoms in total. The van der Waals surface area contributed by atoms with Gasteiger partial charge >= 0.3 is 0 Å². The van der Waals surface area contributed by atoms with Crippen LogP contribution in [0.3, 0.4) is 0 Å². The van der Waals surface area contributed by atoms with E-state index in [-0.39, 0.29) is 12.1 Å². The summed E-state index contributed by atoms with van der Waals surface area (Å²) in [7, 11) is 0. The fraction of sp³-hybridized carbons (Fsp3) is 0.312. The molecule has 7 heteroatoms. The molecule has 3 heterocycles. The summed E-state index contributed by atoms with van der Waals surface area (Å²) in [6.45, 7) is 6.55. The molecule has 0 spiro atoms. The summed E-state index contributed by atoms with van der Waals surface area (Å²) in [5, 5.41) is 5.01. The minimum atomic E-state index is -0.111. The van der Waals surface area contributed by atoms with Crippen molar-refractivity contribution in [1.29, 1.82) is 0 Å². The zero-order valence-electron chi connectivity index (χ0n) is 22.5. The van der Waals surface area contributed by atoms with Crippen molar-refractivity contribution in [2.45, 2.75) is 64.6 Å². The molecular formula is C32H33ClN4OS. The van der Waals surface area contributed by atoms with Gasteiger partial charge in [0.05, 0.1) is 23.9 Å². The first-order chi connectivity index (χ1) is 18.9. The number of halogens is 1. The fourth-order valence-corrected chi connectivity index (χ4v) is 6.78. The highest BCUT2D eigenvalue weighted by Gasteiger charge is 2.43. The third kappa shape index (κ3) is 4.81. The van der Waals surface area contributed by atoms with Crippen LogP contribution in [0.2, 0.25) is 5.02 Å². The van der Waals surface area contributed by atoms with Gasteiger partial charge in [-0.2, -0.15) is 0 Å². The van der Waals surface area contributed by atoms with Crippen LogP contribution in [0.15, 0.2) is 72.9 Å². The van der Waals surface area contributed by atoms with Crippen LogP contribution in [-0.2, 0) is 0 Å². The number of thiocarbonyl (C=S) groups is 1. The minimum absolute atomic E-state index is 0.0897. The lowest BCUT2D eigenvalue weighted by molar-refractivity contribution is 0.210. The molecule has 1 aliphatic heterocycles. The molecule has 0 amide bonds. The van der Waals surface area contributed by atoms with Crippen LogP contribution in [0, 0.1) is 20.8 Å². The third-order valence-corrected chi connectivity index (χ3v) is 8.74. The van der Waals surface area contributed by atoms with Crippen LogP contribution in [0.4, 0.5) is 5.69 Å². The third-order valence-electron chi connectivity index (χ3n) is 8.19. The summed E-state index contributed by atoms with van der Waals surface area (Å²) < 4.78 is 8.54. The average molecular weight is 557 g/mol. The van der Waals surface area contributed by atoms with Gasteiger partial charge in [-0.25, -0.2) is 0 Å². The van der Waals surface area contributed by atoms with E-state index in [1.807, 2.05) is 36.5 Å². The maximum Gasteiger partial charge on any atom is 0.174 e. The van der Waals surface area contributed by atoms with Crippen molar-refractivity contribution in [3.8, 4) is 11.4 Å². The Labute approximate surface area is 240 Å². The van der Waals surface area contributed by atoms with E-state index in [4.69, 9.17) is 33.5 Å². The average Bonchev–Trinajstić information content (AvgIpc) is 3.62. The van der Waals surface area contributed by atoms with Gasteiger partial charge in [0, 0.05) is 39.5 Å². The summed E-state index contributed by atoms with van der Waals surface area (Å²) in [5.74, 6) is 0.914. The van der Waals surface area contributed by atoms with Crippen molar-refractivity contribution in [3.63, 3.8) is 0 Å². The first-order valence-corrected chi connectivity index (χ1v) is 14.4. The second-order valence-corrected chi connectivity index (χ2v) is 11.4. The van der Waals surface area contributed by atoms with Gasteiger partial charge in [0.1, 0.15) is 5.75 Å². The summed E-state index contributed by atoms with van der Waals surface area (Å²) in [6.07, 6.45) is 6.94. The first-order valence-electron chi connectivity index (χ1n) is 13.6. The molecule has 1 N–H and O–H groups in total. The summed E-state index contributed by atoms with van der Waals surface area (Å²) in [4.78, 5) is 6.98. The Balaban J connectivity index is 1.45. The van der Waals surface area contributed by atoms with Crippen molar-refractivity contribution in [1.82, 2.24) is 14.9 Å². The molecular weight excluding hydrogens is 524 g/mol. The lowest BCUT2D eigenvalue weighted by Crippen LogP contribution is -2.29. The van der Waals surface area contributed by atoms with E-state index in [0.29, 0.717) is 11.2 Å². The molecule has 2 fully saturated rings. The van der Waals surface area contributed by atoms with Gasteiger partial charge in [0.15, 0.2) is 5.11 Å². The Morgan fingerprint density at radius 3 is 2.38 bits per heavy atom. The molecule has 0 unspecified atom stereocenters. The van der Waals surface area contributed by atoms with Crippen molar-refractivity contribution >= 4 is 34.6 Å². The normalized spacial score (nSPS) is 19.5. The molecule has 1 saturated carbocycles. The van der Waals surface area contributed by atoms with E-state index < -0.39 is 0 Å². The van der Waals surface area contributed by atoms with E-state index in [2.05, 4.69) is 72.0 Å². The van der Waals surface area contributed by atoms with Crippen LogP contribution < -0.4 is 15.0 Å². The minimum Gasteiger partial charge on any atom is -0.490 e. The molecule has 200 valence electrons.